The molecule has 0 bridgehead atoms. The Morgan fingerprint density at radius 3 is 2.45 bits per heavy atom. The number of unbranched alkanes of at least 4 members (excludes halogenated alkanes) is 12. The highest BCUT2D eigenvalue weighted by atomic mass is 16.6. The summed E-state index contributed by atoms with van der Waals surface area (Å²) in [6.07, 6.45) is 31.8. The summed E-state index contributed by atoms with van der Waals surface area (Å²) in [4.78, 5) is 28.9. The highest BCUT2D eigenvalue weighted by molar-refractivity contribution is 5.87. The topological polar surface area (TPSA) is 134 Å². The van der Waals surface area contributed by atoms with E-state index in [-0.39, 0.29) is 30.3 Å². The van der Waals surface area contributed by atoms with Gasteiger partial charge in [0.2, 0.25) is 0 Å². The van der Waals surface area contributed by atoms with Gasteiger partial charge in [0.15, 0.2) is 11.7 Å². The van der Waals surface area contributed by atoms with Crippen LogP contribution in [0.5, 0.6) is 0 Å². The van der Waals surface area contributed by atoms with E-state index in [9.17, 15) is 9.90 Å². The molecule has 6 aliphatic heterocycles. The molecule has 56 heavy (non-hydrogen) atoms. The summed E-state index contributed by atoms with van der Waals surface area (Å²) < 4.78 is 19.6. The number of carbonyl (C=O) groups is 1. The molecular weight excluding hydrogens is 705 g/mol. The van der Waals surface area contributed by atoms with Crippen molar-refractivity contribution in [1.29, 1.82) is 0 Å². The van der Waals surface area contributed by atoms with Crippen LogP contribution in [0.1, 0.15) is 174 Å². The first-order valence-electron chi connectivity index (χ1n) is 23.4. The monoisotopic (exact) mass is 783 g/mol. The summed E-state index contributed by atoms with van der Waals surface area (Å²) in [6.45, 7) is 7.94. The quantitative estimate of drug-likeness (QED) is 0.0573. The van der Waals surface area contributed by atoms with E-state index in [2.05, 4.69) is 41.1 Å². The summed E-state index contributed by atoms with van der Waals surface area (Å²) in [6, 6.07) is 0.352. The number of nitrogens with two attached hydrogens (primary N) is 1. The lowest BCUT2D eigenvalue weighted by atomic mass is 9.80. The van der Waals surface area contributed by atoms with E-state index in [1.54, 1.807) is 0 Å². The normalized spacial score (nSPS) is 31.8. The van der Waals surface area contributed by atoms with Crippen molar-refractivity contribution in [3.8, 4) is 0 Å². The summed E-state index contributed by atoms with van der Waals surface area (Å²) in [5.74, 6) is 1.56. The first-order valence-corrected chi connectivity index (χ1v) is 23.4. The molecule has 11 nitrogen and oxygen atoms in total. The van der Waals surface area contributed by atoms with Crippen molar-refractivity contribution in [1.82, 2.24) is 15.1 Å². The standard InChI is InChI=1S/C45H78N6O5/c1-3-38-22-16-17-27-44(56-38)33-36-24-25-39-41(45(28-19-21-35(2)55-45)49-43(48-44)51(36)39)42(53)54-32-18-14-12-10-8-6-4-5-7-9-11-13-15-23-40-47-30-20-31-50(40)34-37(52)26-29-46/h16,22,35-39,41,52H,3-15,17-21,23-34,46H2,1-2H3,(H,48,49)/t35-,36+,37?,38+,39-,41-,44+,45-/m1/s1. The third-order valence-corrected chi connectivity index (χ3v) is 13.5. The van der Waals surface area contributed by atoms with Crippen LogP contribution in [0.2, 0.25) is 0 Å². The number of allylic oxidation sites excluding steroid dienone is 1. The lowest BCUT2D eigenvalue weighted by Gasteiger charge is -2.55. The van der Waals surface area contributed by atoms with Gasteiger partial charge in [0, 0.05) is 38.5 Å². The highest BCUT2D eigenvalue weighted by Gasteiger charge is 2.62. The lowest BCUT2D eigenvalue weighted by Crippen LogP contribution is -2.71. The number of guanidine groups is 1. The number of nitrogens with zero attached hydrogens (tertiary/aromatic N) is 4. The van der Waals surface area contributed by atoms with Gasteiger partial charge in [-0.2, -0.15) is 0 Å². The van der Waals surface area contributed by atoms with Crippen molar-refractivity contribution < 1.29 is 24.1 Å². The fraction of sp³-hybridized carbons (Fsp3) is 0.889. The summed E-state index contributed by atoms with van der Waals surface area (Å²) in [5.41, 5.74) is 4.32. The number of β-amino-alcohol motifs (C(OH)–C–C–N with tert-alkyl or cyclic N) is 1. The van der Waals surface area contributed by atoms with Crippen LogP contribution in [-0.4, -0.2) is 107 Å². The zero-order chi connectivity index (χ0) is 39.2. The number of amidine groups is 1. The van der Waals surface area contributed by atoms with E-state index >= 15 is 0 Å². The average molecular weight is 783 g/mol. The number of aliphatic imine (C=N–C) groups is 2. The first kappa shape index (κ1) is 43.4. The van der Waals surface area contributed by atoms with Crippen molar-refractivity contribution in [2.75, 3.05) is 32.8 Å². The van der Waals surface area contributed by atoms with Crippen molar-refractivity contribution in [3.05, 3.63) is 12.2 Å². The van der Waals surface area contributed by atoms with Crippen molar-refractivity contribution in [3.63, 3.8) is 0 Å². The number of aliphatic hydroxyl groups is 1. The van der Waals surface area contributed by atoms with Gasteiger partial charge in [-0.1, -0.05) is 89.7 Å². The van der Waals surface area contributed by atoms with Crippen LogP contribution in [0.4, 0.5) is 0 Å². The number of rotatable bonds is 22. The van der Waals surface area contributed by atoms with Crippen molar-refractivity contribution in [2.24, 2.45) is 21.6 Å². The van der Waals surface area contributed by atoms with Gasteiger partial charge >= 0.3 is 5.97 Å². The molecule has 0 aliphatic carbocycles. The van der Waals surface area contributed by atoms with Gasteiger partial charge in [0.25, 0.3) is 0 Å². The fourth-order valence-corrected chi connectivity index (χ4v) is 10.5. The van der Waals surface area contributed by atoms with Gasteiger partial charge in [-0.25, -0.2) is 4.99 Å². The Kier molecular flexibility index (Phi) is 16.8. The number of ether oxygens (including phenoxy) is 3. The molecule has 0 aromatic carbocycles. The molecule has 6 rings (SSSR count). The van der Waals surface area contributed by atoms with Gasteiger partial charge in [0.1, 0.15) is 11.6 Å². The second-order valence-electron chi connectivity index (χ2n) is 18.0. The van der Waals surface area contributed by atoms with Gasteiger partial charge in [-0.3, -0.25) is 9.79 Å². The van der Waals surface area contributed by atoms with E-state index in [0.717, 1.165) is 103 Å². The lowest BCUT2D eigenvalue weighted by molar-refractivity contribution is -0.194. The minimum Gasteiger partial charge on any atom is -0.465 e. The molecule has 0 radical (unpaired) electrons. The van der Waals surface area contributed by atoms with E-state index in [0.29, 0.717) is 32.2 Å². The third kappa shape index (κ3) is 11.5. The van der Waals surface area contributed by atoms with E-state index < -0.39 is 17.4 Å². The minimum absolute atomic E-state index is 0.0440. The third-order valence-electron chi connectivity index (χ3n) is 13.5. The van der Waals surface area contributed by atoms with Crippen LogP contribution >= 0.6 is 0 Å². The molecule has 3 fully saturated rings. The maximum atomic E-state index is 14.1. The average Bonchev–Trinajstić information content (AvgIpc) is 3.49. The van der Waals surface area contributed by atoms with Crippen LogP contribution in [0.25, 0.3) is 0 Å². The van der Waals surface area contributed by atoms with Crippen molar-refractivity contribution in [2.45, 2.75) is 216 Å². The van der Waals surface area contributed by atoms with Gasteiger partial charge < -0.3 is 40.2 Å². The molecule has 0 saturated carbocycles. The Morgan fingerprint density at radius 2 is 1.73 bits per heavy atom. The molecule has 0 aromatic rings. The first-order chi connectivity index (χ1) is 27.4. The van der Waals surface area contributed by atoms with Crippen LogP contribution in [0, 0.1) is 5.92 Å². The summed E-state index contributed by atoms with van der Waals surface area (Å²) in [5, 5.41) is 14.0. The molecule has 0 aromatic heterocycles. The molecule has 3 saturated heterocycles. The van der Waals surface area contributed by atoms with E-state index in [1.165, 1.54) is 76.5 Å². The maximum Gasteiger partial charge on any atom is 0.316 e. The van der Waals surface area contributed by atoms with Crippen molar-refractivity contribution >= 4 is 17.8 Å². The molecule has 6 heterocycles. The largest absolute Gasteiger partial charge is 0.465 e. The molecule has 11 heteroatoms. The van der Waals surface area contributed by atoms with Crippen LogP contribution in [0.15, 0.2) is 22.1 Å². The summed E-state index contributed by atoms with van der Waals surface area (Å²) in [7, 11) is 0. The van der Waals surface area contributed by atoms with E-state index in [1.807, 2.05) is 0 Å². The zero-order valence-electron chi connectivity index (χ0n) is 35.3. The Bertz CT molecular complexity index is 1310. The molecule has 8 atom stereocenters. The minimum atomic E-state index is -0.873. The molecule has 2 spiro atoms. The fourth-order valence-electron chi connectivity index (χ4n) is 10.5. The molecule has 4 N–H and O–H groups in total. The highest BCUT2D eigenvalue weighted by Crippen LogP contribution is 2.50. The van der Waals surface area contributed by atoms with Crippen LogP contribution in [-0.2, 0) is 19.0 Å². The van der Waals surface area contributed by atoms with Gasteiger partial charge in [0.05, 0.1) is 36.8 Å². The van der Waals surface area contributed by atoms with Crippen LogP contribution < -0.4 is 11.1 Å². The number of esters is 1. The molecule has 6 aliphatic rings. The van der Waals surface area contributed by atoms with E-state index in [4.69, 9.17) is 29.9 Å². The smallest absolute Gasteiger partial charge is 0.316 e. The Morgan fingerprint density at radius 1 is 1.00 bits per heavy atom. The maximum absolute atomic E-state index is 14.1. The second-order valence-corrected chi connectivity index (χ2v) is 18.0. The van der Waals surface area contributed by atoms with Crippen LogP contribution in [0.3, 0.4) is 0 Å². The zero-order valence-corrected chi connectivity index (χ0v) is 35.3. The number of hydrogen-bond acceptors (Lipinski definition) is 11. The number of hydrogen-bond donors (Lipinski definition) is 3. The Balaban J connectivity index is 0.841. The summed E-state index contributed by atoms with van der Waals surface area (Å²) >= 11 is 0. The predicted molar refractivity (Wildman–Crippen MR) is 224 cm³/mol. The predicted octanol–water partition coefficient (Wildman–Crippen LogP) is 7.74. The van der Waals surface area contributed by atoms with Gasteiger partial charge in [-0.15, -0.1) is 0 Å². The Hall–Kier alpha value is -2.21. The number of nitrogens with one attached hydrogen (secondary N) is 1. The molecule has 318 valence electrons. The number of aliphatic hydroxyl groups excluding tert-OH is 1. The second kappa shape index (κ2) is 21.7. The Labute approximate surface area is 339 Å². The molecule has 1 unspecified atom stereocenters. The molecular formula is C45H78N6O5. The van der Waals surface area contributed by atoms with Gasteiger partial charge in [-0.05, 0) is 90.5 Å². The molecule has 0 amide bonds. The SMILES string of the molecule is CC[C@H]1C=CCC[C@@]2(C[C@@H]3CC[C@@H]4[C@H](C(=O)OCCCCCCCCCCCCCCCC5=NCCCN5CC(O)CCN)[C@]5(CCC[C@@H](C)O5)N=C(N2)N34)O1. The number of carbonyl (C=O) groups excluding carboxylic acids is 1.